The van der Waals surface area contributed by atoms with E-state index in [0.29, 0.717) is 30.2 Å². The highest BCUT2D eigenvalue weighted by atomic mass is 19.1. The summed E-state index contributed by atoms with van der Waals surface area (Å²) in [6, 6.07) is 4.85. The monoisotopic (exact) mass is 344 g/mol. The van der Waals surface area contributed by atoms with Crippen molar-refractivity contribution in [2.75, 3.05) is 13.1 Å². The van der Waals surface area contributed by atoms with Gasteiger partial charge in [-0.2, -0.15) is 0 Å². The van der Waals surface area contributed by atoms with Gasteiger partial charge in [0.15, 0.2) is 0 Å². The van der Waals surface area contributed by atoms with Crippen molar-refractivity contribution in [1.29, 1.82) is 0 Å². The number of hydrogen-bond acceptors (Lipinski definition) is 3. The zero-order valence-corrected chi connectivity index (χ0v) is 14.3. The Kier molecular flexibility index (Phi) is 4.83. The summed E-state index contributed by atoms with van der Waals surface area (Å²) in [5, 5.41) is 2.80. The van der Waals surface area contributed by atoms with Gasteiger partial charge < -0.3 is 14.8 Å². The number of nitrogens with one attached hydrogen (secondary N) is 1. The third-order valence-electron chi connectivity index (χ3n) is 4.53. The van der Waals surface area contributed by atoms with Crippen molar-refractivity contribution in [1.82, 2.24) is 19.8 Å². The minimum Gasteiger partial charge on any atom is -0.352 e. The zero-order valence-electron chi connectivity index (χ0n) is 14.3. The van der Waals surface area contributed by atoms with Crippen molar-refractivity contribution in [3.63, 3.8) is 0 Å². The van der Waals surface area contributed by atoms with Gasteiger partial charge in [-0.25, -0.2) is 9.37 Å². The first-order valence-corrected chi connectivity index (χ1v) is 8.33. The summed E-state index contributed by atoms with van der Waals surface area (Å²) in [7, 11) is 0. The van der Waals surface area contributed by atoms with E-state index in [1.54, 1.807) is 40.9 Å². The fraction of sp³-hybridized carbons (Fsp3) is 0.389. The van der Waals surface area contributed by atoms with Gasteiger partial charge >= 0.3 is 0 Å². The molecule has 1 N–H and O–H groups in total. The first-order valence-electron chi connectivity index (χ1n) is 8.33. The van der Waals surface area contributed by atoms with E-state index in [-0.39, 0.29) is 36.5 Å². The number of imidazole rings is 1. The molecule has 1 fully saturated rings. The van der Waals surface area contributed by atoms with E-state index in [4.69, 9.17) is 0 Å². The molecule has 7 heteroatoms. The summed E-state index contributed by atoms with van der Waals surface area (Å²) in [5.41, 5.74) is 1.09. The fourth-order valence-electron chi connectivity index (χ4n) is 3.08. The number of likely N-dealkylation sites (tertiary alicyclic amines) is 1. The van der Waals surface area contributed by atoms with Crippen LogP contribution in [0.3, 0.4) is 0 Å². The van der Waals surface area contributed by atoms with E-state index in [9.17, 15) is 14.0 Å². The van der Waals surface area contributed by atoms with Crippen LogP contribution in [0.5, 0.6) is 0 Å². The van der Waals surface area contributed by atoms with Gasteiger partial charge in [-0.1, -0.05) is 6.07 Å². The number of carbonyl (C=O) groups excluding carboxylic acids is 2. The fourth-order valence-corrected chi connectivity index (χ4v) is 3.08. The van der Waals surface area contributed by atoms with Crippen LogP contribution in [0.2, 0.25) is 0 Å². The molecule has 6 nitrogen and oxygen atoms in total. The second-order valence-corrected chi connectivity index (χ2v) is 6.18. The first kappa shape index (κ1) is 17.1. The summed E-state index contributed by atoms with van der Waals surface area (Å²) in [6.07, 6.45) is 3.56. The first-order chi connectivity index (χ1) is 12.0. The van der Waals surface area contributed by atoms with Gasteiger partial charge in [0.2, 0.25) is 11.8 Å². The highest BCUT2D eigenvalue weighted by Gasteiger charge is 2.33. The summed E-state index contributed by atoms with van der Waals surface area (Å²) in [4.78, 5) is 29.7. The van der Waals surface area contributed by atoms with Crippen LogP contribution in [0.1, 0.15) is 24.7 Å². The SMILES string of the molecule is CCN1C[C@@H](C(=O)NCc2ccc(-n3ccnc3C)c(F)c2)CC1=O. The van der Waals surface area contributed by atoms with Crippen LogP contribution in [0, 0.1) is 18.7 Å². The number of carbonyl (C=O) groups is 2. The molecule has 0 unspecified atom stereocenters. The van der Waals surface area contributed by atoms with Crippen LogP contribution >= 0.6 is 0 Å². The maximum Gasteiger partial charge on any atom is 0.225 e. The maximum atomic E-state index is 14.4. The molecule has 0 bridgehead atoms. The number of halogens is 1. The lowest BCUT2D eigenvalue weighted by Crippen LogP contribution is -2.32. The van der Waals surface area contributed by atoms with Crippen molar-refractivity contribution in [2.24, 2.45) is 5.92 Å². The minimum absolute atomic E-state index is 0.00810. The van der Waals surface area contributed by atoms with E-state index in [0.717, 1.165) is 0 Å². The molecule has 1 aliphatic rings. The van der Waals surface area contributed by atoms with E-state index in [2.05, 4.69) is 10.3 Å². The number of rotatable bonds is 5. The lowest BCUT2D eigenvalue weighted by atomic mass is 10.1. The van der Waals surface area contributed by atoms with Crippen molar-refractivity contribution >= 4 is 11.8 Å². The van der Waals surface area contributed by atoms with Gasteiger partial charge in [-0.05, 0) is 31.5 Å². The van der Waals surface area contributed by atoms with Crippen molar-refractivity contribution in [2.45, 2.75) is 26.8 Å². The predicted molar refractivity (Wildman–Crippen MR) is 90.5 cm³/mol. The highest BCUT2D eigenvalue weighted by Crippen LogP contribution is 2.19. The summed E-state index contributed by atoms with van der Waals surface area (Å²) >= 11 is 0. The van der Waals surface area contributed by atoms with Gasteiger partial charge in [-0.15, -0.1) is 0 Å². The average Bonchev–Trinajstić information content (AvgIpc) is 3.18. The Hall–Kier alpha value is -2.70. The second-order valence-electron chi connectivity index (χ2n) is 6.18. The largest absolute Gasteiger partial charge is 0.352 e. The maximum absolute atomic E-state index is 14.4. The summed E-state index contributed by atoms with van der Waals surface area (Å²) in [5.74, 6) is -0.162. The van der Waals surface area contributed by atoms with Gasteiger partial charge in [0.1, 0.15) is 11.6 Å². The molecule has 1 aromatic carbocycles. The number of nitrogens with zero attached hydrogens (tertiary/aromatic N) is 3. The third-order valence-corrected chi connectivity index (χ3v) is 4.53. The van der Waals surface area contributed by atoms with Crippen molar-refractivity contribution < 1.29 is 14.0 Å². The molecule has 3 rings (SSSR count). The Labute approximate surface area is 145 Å². The molecule has 25 heavy (non-hydrogen) atoms. The number of benzene rings is 1. The molecule has 2 heterocycles. The Morgan fingerprint density at radius 1 is 1.44 bits per heavy atom. The molecule has 0 saturated carbocycles. The molecule has 0 aliphatic carbocycles. The number of aryl methyl sites for hydroxylation is 1. The highest BCUT2D eigenvalue weighted by molar-refractivity contribution is 5.89. The molecule has 1 aliphatic heterocycles. The van der Waals surface area contributed by atoms with Crippen LogP contribution in [-0.2, 0) is 16.1 Å². The zero-order chi connectivity index (χ0) is 18.0. The molecular weight excluding hydrogens is 323 g/mol. The quantitative estimate of drug-likeness (QED) is 0.899. The standard InChI is InChI=1S/C18H21FN4O2/c1-3-22-11-14(9-17(22)24)18(25)21-10-13-4-5-16(15(19)8-13)23-7-6-20-12(23)2/h4-8,14H,3,9-11H2,1-2H3,(H,21,25)/t14-/m0/s1. The smallest absolute Gasteiger partial charge is 0.225 e. The van der Waals surface area contributed by atoms with E-state index in [1.165, 1.54) is 6.07 Å². The molecule has 1 saturated heterocycles. The Morgan fingerprint density at radius 3 is 2.84 bits per heavy atom. The minimum atomic E-state index is -0.374. The van der Waals surface area contributed by atoms with Crippen LogP contribution in [0.4, 0.5) is 4.39 Å². The summed E-state index contributed by atoms with van der Waals surface area (Å²) < 4.78 is 16.0. The normalized spacial score (nSPS) is 17.2. The Balaban J connectivity index is 1.62. The predicted octanol–water partition coefficient (Wildman–Crippen LogP) is 1.80. The third kappa shape index (κ3) is 3.55. The number of amides is 2. The number of aromatic nitrogens is 2. The van der Waals surface area contributed by atoms with Crippen LogP contribution < -0.4 is 5.32 Å². The van der Waals surface area contributed by atoms with Gasteiger partial charge in [0, 0.05) is 38.4 Å². The number of hydrogen-bond donors (Lipinski definition) is 1. The van der Waals surface area contributed by atoms with Crippen molar-refractivity contribution in [3.05, 3.63) is 47.8 Å². The lowest BCUT2D eigenvalue weighted by molar-refractivity contribution is -0.128. The van der Waals surface area contributed by atoms with Crippen LogP contribution in [0.15, 0.2) is 30.6 Å². The average molecular weight is 344 g/mol. The topological polar surface area (TPSA) is 67.2 Å². The van der Waals surface area contributed by atoms with E-state index < -0.39 is 0 Å². The Bertz CT molecular complexity index is 802. The molecule has 2 amide bonds. The van der Waals surface area contributed by atoms with E-state index in [1.807, 2.05) is 6.92 Å². The second kappa shape index (κ2) is 7.04. The molecule has 1 aromatic heterocycles. The van der Waals surface area contributed by atoms with Crippen LogP contribution in [-0.4, -0.2) is 39.4 Å². The molecular formula is C18H21FN4O2. The van der Waals surface area contributed by atoms with E-state index >= 15 is 0 Å². The molecule has 1 atom stereocenters. The van der Waals surface area contributed by atoms with Gasteiger partial charge in [0.25, 0.3) is 0 Å². The summed E-state index contributed by atoms with van der Waals surface area (Å²) in [6.45, 7) is 4.99. The molecule has 132 valence electrons. The van der Waals surface area contributed by atoms with Crippen molar-refractivity contribution in [3.8, 4) is 5.69 Å². The lowest BCUT2D eigenvalue weighted by Gasteiger charge is -2.14. The van der Waals surface area contributed by atoms with Gasteiger partial charge in [0.05, 0.1) is 11.6 Å². The molecule has 0 spiro atoms. The molecule has 0 radical (unpaired) electrons. The van der Waals surface area contributed by atoms with Gasteiger partial charge in [-0.3, -0.25) is 9.59 Å². The van der Waals surface area contributed by atoms with Crippen LogP contribution in [0.25, 0.3) is 5.69 Å². The molecule has 2 aromatic rings. The Morgan fingerprint density at radius 2 is 2.24 bits per heavy atom.